The first kappa shape index (κ1) is 21.3. The lowest BCUT2D eigenvalue weighted by molar-refractivity contribution is 0.0937. The van der Waals surface area contributed by atoms with Gasteiger partial charge in [-0.1, -0.05) is 19.3 Å². The number of carbonyl (C=O) groups is 1. The Morgan fingerprint density at radius 3 is 2.75 bits per heavy atom. The Kier molecular flexibility index (Phi) is 5.84. The van der Waals surface area contributed by atoms with Gasteiger partial charge >= 0.3 is 0 Å². The molecule has 3 aromatic rings. The second kappa shape index (κ2) is 8.77. The number of halogens is 2. The molecule has 1 N–H and O–H groups in total. The molecule has 2 aliphatic carbocycles. The first-order chi connectivity index (χ1) is 15.5. The average Bonchev–Trinajstić information content (AvgIpc) is 3.28. The predicted octanol–water partition coefficient (Wildman–Crippen LogP) is 5.99. The molecule has 0 saturated heterocycles. The summed E-state index contributed by atoms with van der Waals surface area (Å²) >= 11 is 1.64. The minimum Gasteiger partial charge on any atom is -0.350 e. The summed E-state index contributed by atoms with van der Waals surface area (Å²) in [5.74, 6) is -1.02. The summed E-state index contributed by atoms with van der Waals surface area (Å²) in [5, 5.41) is 7.71. The summed E-state index contributed by atoms with van der Waals surface area (Å²) in [4.78, 5) is 15.4. The molecule has 0 atom stereocenters. The van der Waals surface area contributed by atoms with E-state index in [1.54, 1.807) is 11.3 Å². The van der Waals surface area contributed by atoms with Crippen molar-refractivity contribution < 1.29 is 13.6 Å². The van der Waals surface area contributed by atoms with E-state index in [0.29, 0.717) is 24.6 Å². The maximum absolute atomic E-state index is 14.8. The highest BCUT2D eigenvalue weighted by molar-refractivity contribution is 7.15. The number of benzene rings is 1. The number of hydrogen-bond acceptors (Lipinski definition) is 3. The largest absolute Gasteiger partial charge is 0.350 e. The average molecular weight is 456 g/mol. The van der Waals surface area contributed by atoms with Crippen LogP contribution in [0.25, 0.3) is 16.3 Å². The summed E-state index contributed by atoms with van der Waals surface area (Å²) in [6, 6.07) is 5.65. The first-order valence-electron chi connectivity index (χ1n) is 11.5. The van der Waals surface area contributed by atoms with Gasteiger partial charge in [-0.2, -0.15) is 5.10 Å². The minimum atomic E-state index is -0.691. The number of aryl methyl sites for hydroxylation is 2. The van der Waals surface area contributed by atoms with Crippen molar-refractivity contribution in [2.24, 2.45) is 5.92 Å². The van der Waals surface area contributed by atoms with Gasteiger partial charge in [0, 0.05) is 23.1 Å². The van der Waals surface area contributed by atoms with Crippen molar-refractivity contribution in [2.45, 2.75) is 58.3 Å². The van der Waals surface area contributed by atoms with Crippen LogP contribution in [0.2, 0.25) is 0 Å². The fraction of sp³-hybridized carbons (Fsp3) is 0.440. The zero-order valence-electron chi connectivity index (χ0n) is 18.2. The number of rotatable bonds is 4. The summed E-state index contributed by atoms with van der Waals surface area (Å²) < 4.78 is 29.9. The van der Waals surface area contributed by atoms with E-state index < -0.39 is 11.6 Å². The summed E-state index contributed by atoms with van der Waals surface area (Å²) in [6.45, 7) is 2.70. The van der Waals surface area contributed by atoms with E-state index in [9.17, 15) is 13.6 Å². The molecular formula is C25H27F2N3OS. The van der Waals surface area contributed by atoms with Crippen molar-refractivity contribution in [1.82, 2.24) is 15.1 Å². The Morgan fingerprint density at radius 2 is 1.97 bits per heavy atom. The monoisotopic (exact) mass is 455 g/mol. The van der Waals surface area contributed by atoms with E-state index in [2.05, 4.69) is 23.4 Å². The molecule has 0 aliphatic heterocycles. The quantitative estimate of drug-likeness (QED) is 0.526. The van der Waals surface area contributed by atoms with Crippen molar-refractivity contribution >= 4 is 17.2 Å². The third-order valence-corrected chi connectivity index (χ3v) is 7.73. The van der Waals surface area contributed by atoms with Crippen LogP contribution >= 0.6 is 11.3 Å². The highest BCUT2D eigenvalue weighted by atomic mass is 32.1. The van der Waals surface area contributed by atoms with Gasteiger partial charge in [0.2, 0.25) is 0 Å². The van der Waals surface area contributed by atoms with E-state index in [1.807, 2.05) is 0 Å². The van der Waals surface area contributed by atoms with Gasteiger partial charge in [0.25, 0.3) is 5.91 Å². The van der Waals surface area contributed by atoms with Crippen LogP contribution in [0.15, 0.2) is 24.3 Å². The highest BCUT2D eigenvalue weighted by Gasteiger charge is 2.30. The highest BCUT2D eigenvalue weighted by Crippen LogP contribution is 2.41. The molecule has 2 heterocycles. The van der Waals surface area contributed by atoms with Crippen LogP contribution in [0.3, 0.4) is 0 Å². The first-order valence-corrected chi connectivity index (χ1v) is 12.3. The molecule has 1 fully saturated rings. The summed E-state index contributed by atoms with van der Waals surface area (Å²) in [5.41, 5.74) is 3.34. The Labute approximate surface area is 190 Å². The van der Waals surface area contributed by atoms with E-state index in [1.165, 1.54) is 46.5 Å². The molecule has 168 valence electrons. The van der Waals surface area contributed by atoms with E-state index >= 15 is 0 Å². The summed E-state index contributed by atoms with van der Waals surface area (Å²) in [6.07, 6.45) is 8.50. The lowest BCUT2D eigenvalue weighted by atomic mass is 9.89. The molecule has 2 aliphatic rings. The maximum atomic E-state index is 14.8. The Morgan fingerprint density at radius 1 is 1.16 bits per heavy atom. The fourth-order valence-corrected chi connectivity index (χ4v) is 6.17. The van der Waals surface area contributed by atoms with Crippen LogP contribution < -0.4 is 5.32 Å². The molecular weight excluding hydrogens is 428 g/mol. The molecule has 7 heteroatoms. The smallest absolute Gasteiger partial charge is 0.272 e. The van der Waals surface area contributed by atoms with Crippen molar-refractivity contribution in [3.05, 3.63) is 57.6 Å². The molecule has 0 bridgehead atoms. The lowest BCUT2D eigenvalue weighted by Crippen LogP contribution is -2.31. The van der Waals surface area contributed by atoms with Gasteiger partial charge in [0.1, 0.15) is 11.5 Å². The number of thiophene rings is 1. The minimum absolute atomic E-state index is 0.160. The number of hydrogen-bond donors (Lipinski definition) is 1. The Balaban J connectivity index is 1.58. The summed E-state index contributed by atoms with van der Waals surface area (Å²) in [7, 11) is 0. The lowest BCUT2D eigenvalue weighted by Gasteiger charge is -2.21. The van der Waals surface area contributed by atoms with E-state index in [-0.39, 0.29) is 11.6 Å². The molecule has 0 radical (unpaired) electrons. The van der Waals surface area contributed by atoms with Crippen LogP contribution in [-0.4, -0.2) is 22.2 Å². The number of nitrogens with one attached hydrogen (secondary N) is 1. The molecule has 0 spiro atoms. The Bertz CT molecular complexity index is 1160. The number of fused-ring (bicyclic) bond motifs is 3. The van der Waals surface area contributed by atoms with Gasteiger partial charge in [-0.25, -0.2) is 13.5 Å². The molecule has 5 rings (SSSR count). The molecule has 1 saturated carbocycles. The van der Waals surface area contributed by atoms with Crippen molar-refractivity contribution in [1.29, 1.82) is 0 Å². The topological polar surface area (TPSA) is 46.9 Å². The predicted molar refractivity (Wildman–Crippen MR) is 122 cm³/mol. The van der Waals surface area contributed by atoms with Gasteiger partial charge < -0.3 is 5.32 Å². The molecule has 1 aromatic carbocycles. The number of carbonyl (C=O) groups excluding carboxylic acids is 1. The standard InChI is InChI=1S/C25H27F2N3OS/c1-15-12-17-8-5-9-19-22(25(31)28-14-16-6-3-2-4-7-16)29-30(23(19)24(17)32-15)21-11-10-18(26)13-20(21)27/h10-13,16H,2-9,14H2,1H3,(H,28,31). The molecule has 0 unspecified atom stereocenters. The number of amides is 1. The van der Waals surface area contributed by atoms with Gasteiger partial charge in [0.05, 0.1) is 10.6 Å². The second-order valence-electron chi connectivity index (χ2n) is 8.96. The van der Waals surface area contributed by atoms with Crippen LogP contribution in [0.5, 0.6) is 0 Å². The number of aromatic nitrogens is 2. The molecule has 32 heavy (non-hydrogen) atoms. The second-order valence-corrected chi connectivity index (χ2v) is 10.2. The molecule has 4 nitrogen and oxygen atoms in total. The number of nitrogens with zero attached hydrogens (tertiary/aromatic N) is 2. The normalized spacial score (nSPS) is 16.3. The van der Waals surface area contributed by atoms with Gasteiger partial charge in [-0.15, -0.1) is 11.3 Å². The zero-order valence-corrected chi connectivity index (χ0v) is 19.0. The van der Waals surface area contributed by atoms with Crippen LogP contribution in [-0.2, 0) is 12.8 Å². The third-order valence-electron chi connectivity index (χ3n) is 6.63. The Hall–Kier alpha value is -2.54. The third kappa shape index (κ3) is 3.98. The van der Waals surface area contributed by atoms with Crippen LogP contribution in [0, 0.1) is 24.5 Å². The van der Waals surface area contributed by atoms with Crippen molar-refractivity contribution in [3.63, 3.8) is 0 Å². The van der Waals surface area contributed by atoms with Gasteiger partial charge in [-0.3, -0.25) is 4.79 Å². The van der Waals surface area contributed by atoms with E-state index in [0.717, 1.165) is 47.9 Å². The van der Waals surface area contributed by atoms with Crippen molar-refractivity contribution in [2.75, 3.05) is 6.54 Å². The molecule has 2 aromatic heterocycles. The SMILES string of the molecule is Cc1cc2c(s1)-c1c(c(C(=O)NCC3CCCCC3)nn1-c1ccc(F)cc1F)CCC2. The van der Waals surface area contributed by atoms with Crippen LogP contribution in [0.1, 0.15) is 65.0 Å². The van der Waals surface area contributed by atoms with Crippen molar-refractivity contribution in [3.8, 4) is 16.3 Å². The van der Waals surface area contributed by atoms with Crippen LogP contribution in [0.4, 0.5) is 8.78 Å². The zero-order chi connectivity index (χ0) is 22.2. The maximum Gasteiger partial charge on any atom is 0.272 e. The fourth-order valence-electron chi connectivity index (χ4n) is 5.05. The molecule has 1 amide bonds. The van der Waals surface area contributed by atoms with Gasteiger partial charge in [-0.05, 0) is 68.7 Å². The van der Waals surface area contributed by atoms with Gasteiger partial charge in [0.15, 0.2) is 11.5 Å². The van der Waals surface area contributed by atoms with E-state index in [4.69, 9.17) is 0 Å².